The molecule has 2 amide bonds. The molecule has 3 N–H and O–H groups in total. The zero-order chi connectivity index (χ0) is 30.6. The normalized spacial score (nSPS) is 15.3. The summed E-state index contributed by atoms with van der Waals surface area (Å²) in [5, 5.41) is 11.5. The van der Waals surface area contributed by atoms with Crippen LogP contribution in [0.2, 0.25) is 0 Å². The van der Waals surface area contributed by atoms with Gasteiger partial charge in [-0.15, -0.1) is 11.3 Å². The van der Waals surface area contributed by atoms with Gasteiger partial charge in [0.2, 0.25) is 23.0 Å². The molecule has 42 heavy (non-hydrogen) atoms. The molecular weight excluding hydrogens is 556 g/mol. The number of ether oxygens (including phenoxy) is 3. The van der Waals surface area contributed by atoms with Gasteiger partial charge in [-0.05, 0) is 60.6 Å². The fourth-order valence-electron chi connectivity index (χ4n) is 5.29. The first-order chi connectivity index (χ1) is 20.1. The Morgan fingerprint density at radius 1 is 1.12 bits per heavy atom. The van der Waals surface area contributed by atoms with Gasteiger partial charge in [-0.2, -0.15) is 0 Å². The standard InChI is InChI=1S/C31H38N4O6S/c1-8-16(2)27(30(38)35-31-32-17(3)15-42-31)34-23-12-10-20-21(14-24(23)37)22(33-18(4)36)11-9-19-13-25(39-5)28(40-6)29(41-7)26(19)20/h10,12-16,22,27H,8-9,11H2,1-7H3,(H,33,36)(H,34,37)(H,32,35,38)/t16-,22-,27-/m0/s1. The number of thiazole rings is 1. The van der Waals surface area contributed by atoms with Crippen molar-refractivity contribution in [2.24, 2.45) is 5.92 Å². The van der Waals surface area contributed by atoms with E-state index in [1.165, 1.54) is 18.3 Å². The summed E-state index contributed by atoms with van der Waals surface area (Å²) in [6.07, 6.45) is 1.86. The molecule has 0 fully saturated rings. The van der Waals surface area contributed by atoms with E-state index in [0.717, 1.165) is 16.8 Å². The number of hydrogen-bond donors (Lipinski definition) is 3. The number of fused-ring (bicyclic) bond motifs is 3. The Bertz CT molecular complexity index is 1540. The van der Waals surface area contributed by atoms with E-state index >= 15 is 0 Å². The molecule has 4 rings (SSSR count). The van der Waals surface area contributed by atoms with Crippen molar-refractivity contribution in [3.8, 4) is 28.4 Å². The number of anilines is 2. The van der Waals surface area contributed by atoms with Crippen molar-refractivity contribution in [2.75, 3.05) is 32.0 Å². The van der Waals surface area contributed by atoms with E-state index in [-0.39, 0.29) is 28.8 Å². The number of rotatable bonds is 10. The SMILES string of the molecule is CC[C@H](C)[C@H](Nc1ccc2c(cc1=O)[C@@H](NC(C)=O)CCc1cc(OC)c(OC)c(OC)c1-2)C(=O)Nc1nc(C)cs1. The van der Waals surface area contributed by atoms with Gasteiger partial charge in [-0.1, -0.05) is 26.3 Å². The van der Waals surface area contributed by atoms with Gasteiger partial charge in [0.15, 0.2) is 16.6 Å². The first-order valence-electron chi connectivity index (χ1n) is 13.9. The lowest BCUT2D eigenvalue weighted by molar-refractivity contribution is -0.120. The molecule has 10 nitrogen and oxygen atoms in total. The Morgan fingerprint density at radius 2 is 1.86 bits per heavy atom. The summed E-state index contributed by atoms with van der Waals surface area (Å²) in [4.78, 5) is 43.7. The molecule has 11 heteroatoms. The summed E-state index contributed by atoms with van der Waals surface area (Å²) in [5.74, 6) is 0.866. The lowest BCUT2D eigenvalue weighted by atomic mass is 9.95. The highest BCUT2D eigenvalue weighted by Gasteiger charge is 2.30. The van der Waals surface area contributed by atoms with Crippen LogP contribution in [0.5, 0.6) is 17.2 Å². The quantitative estimate of drug-likeness (QED) is 0.296. The van der Waals surface area contributed by atoms with Crippen LogP contribution in [0.25, 0.3) is 11.1 Å². The second kappa shape index (κ2) is 13.2. The topological polar surface area (TPSA) is 128 Å². The van der Waals surface area contributed by atoms with Crippen molar-refractivity contribution < 1.29 is 23.8 Å². The summed E-state index contributed by atoms with van der Waals surface area (Å²) >= 11 is 1.35. The van der Waals surface area contributed by atoms with Crippen molar-refractivity contribution in [2.45, 2.75) is 59.0 Å². The van der Waals surface area contributed by atoms with Crippen LogP contribution in [0.4, 0.5) is 10.8 Å². The third kappa shape index (κ3) is 6.35. The largest absolute Gasteiger partial charge is 0.493 e. The minimum absolute atomic E-state index is 0.0848. The number of hydrogen-bond acceptors (Lipinski definition) is 9. The average molecular weight is 595 g/mol. The number of nitrogens with one attached hydrogen (secondary N) is 3. The van der Waals surface area contributed by atoms with Gasteiger partial charge in [0.05, 0.1) is 38.8 Å². The minimum atomic E-state index is -0.688. The van der Waals surface area contributed by atoms with E-state index < -0.39 is 12.1 Å². The van der Waals surface area contributed by atoms with E-state index in [2.05, 4.69) is 20.9 Å². The molecule has 2 aromatic carbocycles. The number of carbonyl (C=O) groups excluding carboxylic acids is 2. The fraction of sp³-hybridized carbons (Fsp3) is 0.419. The van der Waals surface area contributed by atoms with E-state index in [1.54, 1.807) is 33.5 Å². The second-order valence-corrected chi connectivity index (χ2v) is 11.2. The van der Waals surface area contributed by atoms with Crippen molar-refractivity contribution in [1.82, 2.24) is 10.3 Å². The van der Waals surface area contributed by atoms with E-state index in [0.29, 0.717) is 52.8 Å². The summed E-state index contributed by atoms with van der Waals surface area (Å²) in [6, 6.07) is 5.85. The van der Waals surface area contributed by atoms with Crippen LogP contribution in [0.1, 0.15) is 56.5 Å². The van der Waals surface area contributed by atoms with Gasteiger partial charge in [-0.25, -0.2) is 4.98 Å². The smallest absolute Gasteiger partial charge is 0.248 e. The molecule has 0 unspecified atom stereocenters. The average Bonchev–Trinajstić information content (AvgIpc) is 3.23. The Labute approximate surface area is 249 Å². The number of aromatic nitrogens is 1. The molecule has 0 saturated heterocycles. The van der Waals surface area contributed by atoms with E-state index in [4.69, 9.17) is 14.2 Å². The molecule has 1 aliphatic rings. The number of aryl methyl sites for hydroxylation is 2. The van der Waals surface area contributed by atoms with Crippen LogP contribution in [-0.4, -0.2) is 44.2 Å². The molecule has 0 aliphatic heterocycles. The maximum atomic E-state index is 13.8. The van der Waals surface area contributed by atoms with Crippen molar-refractivity contribution in [3.05, 3.63) is 56.7 Å². The predicted molar refractivity (Wildman–Crippen MR) is 165 cm³/mol. The molecule has 3 atom stereocenters. The predicted octanol–water partition coefficient (Wildman–Crippen LogP) is 5.09. The van der Waals surface area contributed by atoms with Crippen molar-refractivity contribution in [3.63, 3.8) is 0 Å². The third-order valence-electron chi connectivity index (χ3n) is 7.57. The zero-order valence-electron chi connectivity index (χ0n) is 25.0. The van der Waals surface area contributed by atoms with Crippen LogP contribution >= 0.6 is 11.3 Å². The maximum absolute atomic E-state index is 13.8. The Balaban J connectivity index is 1.87. The number of methoxy groups -OCH3 is 3. The van der Waals surface area contributed by atoms with E-state index in [1.807, 2.05) is 38.3 Å². The van der Waals surface area contributed by atoms with E-state index in [9.17, 15) is 14.4 Å². The highest BCUT2D eigenvalue weighted by Crippen LogP contribution is 2.50. The summed E-state index contributed by atoms with van der Waals surface area (Å²) in [7, 11) is 4.66. The molecule has 0 spiro atoms. The molecule has 1 aromatic heterocycles. The number of carbonyl (C=O) groups is 2. The second-order valence-electron chi connectivity index (χ2n) is 10.4. The molecule has 1 aliphatic carbocycles. The van der Waals surface area contributed by atoms with Crippen LogP contribution < -0.4 is 35.6 Å². The van der Waals surface area contributed by atoms with Crippen LogP contribution in [0, 0.1) is 12.8 Å². The highest BCUT2D eigenvalue weighted by molar-refractivity contribution is 7.13. The van der Waals surface area contributed by atoms with Crippen LogP contribution in [0.15, 0.2) is 34.4 Å². The minimum Gasteiger partial charge on any atom is -0.493 e. The summed E-state index contributed by atoms with van der Waals surface area (Å²) in [6.45, 7) is 7.27. The molecule has 0 saturated carbocycles. The Kier molecular flexibility index (Phi) is 9.72. The fourth-order valence-corrected chi connectivity index (χ4v) is 5.98. The van der Waals surface area contributed by atoms with Gasteiger partial charge >= 0.3 is 0 Å². The van der Waals surface area contributed by atoms with Gasteiger partial charge in [-0.3, -0.25) is 14.4 Å². The van der Waals surface area contributed by atoms with Gasteiger partial charge < -0.3 is 30.2 Å². The number of amides is 2. The van der Waals surface area contributed by atoms with Crippen molar-refractivity contribution >= 4 is 34.0 Å². The highest BCUT2D eigenvalue weighted by atomic mass is 32.1. The van der Waals surface area contributed by atoms with Crippen molar-refractivity contribution in [1.29, 1.82) is 0 Å². The molecule has 224 valence electrons. The van der Waals surface area contributed by atoms with Crippen LogP contribution in [0.3, 0.4) is 0 Å². The first kappa shape index (κ1) is 30.8. The molecule has 3 aromatic rings. The molecule has 0 bridgehead atoms. The number of benzene rings is 1. The van der Waals surface area contributed by atoms with Gasteiger partial charge in [0, 0.05) is 17.9 Å². The van der Waals surface area contributed by atoms with Gasteiger partial charge in [0.1, 0.15) is 6.04 Å². The maximum Gasteiger partial charge on any atom is 0.248 e. The Morgan fingerprint density at radius 3 is 2.45 bits per heavy atom. The monoisotopic (exact) mass is 594 g/mol. The van der Waals surface area contributed by atoms with Crippen LogP contribution in [-0.2, 0) is 16.0 Å². The zero-order valence-corrected chi connectivity index (χ0v) is 25.9. The lowest BCUT2D eigenvalue weighted by Crippen LogP contribution is -2.40. The summed E-state index contributed by atoms with van der Waals surface area (Å²) < 4.78 is 17.1. The van der Waals surface area contributed by atoms with Gasteiger partial charge in [0.25, 0.3) is 0 Å². The molecule has 0 radical (unpaired) electrons. The lowest BCUT2D eigenvalue weighted by Gasteiger charge is -2.23. The summed E-state index contributed by atoms with van der Waals surface area (Å²) in [5.41, 5.74) is 3.84. The Hall–Kier alpha value is -4.12. The third-order valence-corrected chi connectivity index (χ3v) is 8.45. The number of nitrogens with zero attached hydrogens (tertiary/aromatic N) is 1. The molecular formula is C31H38N4O6S. The molecule has 1 heterocycles. The first-order valence-corrected chi connectivity index (χ1v) is 14.8.